The third-order valence-corrected chi connectivity index (χ3v) is 5.69. The van der Waals surface area contributed by atoms with Gasteiger partial charge in [-0.25, -0.2) is 0 Å². The van der Waals surface area contributed by atoms with Crippen LogP contribution in [0, 0.1) is 0 Å². The Balaban J connectivity index is 0.00000110. The molecule has 6 heteroatoms. The SMILES string of the molecule is CC1(C)CC(OC(=O)CC(=O)OC2CC(C)(C)NC(C)(C)C2)CC(C)(C)N1.CCCC. The van der Waals surface area contributed by atoms with Crippen LogP contribution < -0.4 is 10.6 Å². The average Bonchev–Trinajstić information content (AvgIpc) is 2.48. The largest absolute Gasteiger partial charge is 0.462 e. The van der Waals surface area contributed by atoms with Gasteiger partial charge in [0.25, 0.3) is 0 Å². The van der Waals surface area contributed by atoms with E-state index in [0.29, 0.717) is 0 Å². The summed E-state index contributed by atoms with van der Waals surface area (Å²) in [5, 5.41) is 7.11. The summed E-state index contributed by atoms with van der Waals surface area (Å²) >= 11 is 0. The summed E-state index contributed by atoms with van der Waals surface area (Å²) < 4.78 is 11.2. The first-order chi connectivity index (χ1) is 14.0. The van der Waals surface area contributed by atoms with Gasteiger partial charge in [-0.05, 0) is 55.4 Å². The summed E-state index contributed by atoms with van der Waals surface area (Å²) in [6.45, 7) is 21.2. The van der Waals surface area contributed by atoms with Gasteiger partial charge in [0.1, 0.15) is 18.6 Å². The summed E-state index contributed by atoms with van der Waals surface area (Å²) in [7, 11) is 0. The molecule has 182 valence electrons. The van der Waals surface area contributed by atoms with Gasteiger partial charge in [0.05, 0.1) is 0 Å². The number of ether oxygens (including phenoxy) is 2. The summed E-state index contributed by atoms with van der Waals surface area (Å²) in [5.41, 5.74) is -0.447. The predicted molar refractivity (Wildman–Crippen MR) is 126 cm³/mol. The summed E-state index contributed by atoms with van der Waals surface area (Å²) in [6, 6.07) is 0. The molecule has 0 atom stereocenters. The number of carbonyl (C=O) groups is 2. The fourth-order valence-corrected chi connectivity index (χ4v) is 5.20. The number of hydrogen-bond acceptors (Lipinski definition) is 6. The van der Waals surface area contributed by atoms with Crippen molar-refractivity contribution in [3.05, 3.63) is 0 Å². The van der Waals surface area contributed by atoms with E-state index in [0.717, 1.165) is 25.7 Å². The Morgan fingerprint density at radius 3 is 1.13 bits per heavy atom. The lowest BCUT2D eigenvalue weighted by atomic mass is 9.81. The first-order valence-corrected chi connectivity index (χ1v) is 12.0. The topological polar surface area (TPSA) is 76.7 Å². The van der Waals surface area contributed by atoms with E-state index in [1.165, 1.54) is 12.8 Å². The van der Waals surface area contributed by atoms with Gasteiger partial charge in [-0.2, -0.15) is 0 Å². The lowest BCUT2D eigenvalue weighted by molar-refractivity contribution is -0.164. The number of piperidine rings is 2. The van der Waals surface area contributed by atoms with Gasteiger partial charge in [0.15, 0.2) is 0 Å². The van der Waals surface area contributed by atoms with Crippen molar-refractivity contribution in [3.8, 4) is 0 Å². The van der Waals surface area contributed by atoms with E-state index >= 15 is 0 Å². The van der Waals surface area contributed by atoms with Crippen LogP contribution in [-0.2, 0) is 19.1 Å². The molecule has 2 heterocycles. The van der Waals surface area contributed by atoms with Gasteiger partial charge in [-0.15, -0.1) is 0 Å². The highest BCUT2D eigenvalue weighted by Crippen LogP contribution is 2.32. The zero-order valence-corrected chi connectivity index (χ0v) is 21.7. The number of nitrogens with one attached hydrogen (secondary N) is 2. The van der Waals surface area contributed by atoms with E-state index in [1.807, 2.05) is 0 Å². The van der Waals surface area contributed by atoms with Gasteiger partial charge in [-0.1, -0.05) is 26.7 Å². The van der Waals surface area contributed by atoms with E-state index < -0.39 is 11.9 Å². The lowest BCUT2D eigenvalue weighted by Gasteiger charge is -2.46. The van der Waals surface area contributed by atoms with Crippen molar-refractivity contribution < 1.29 is 19.1 Å². The molecule has 0 spiro atoms. The normalized spacial score (nSPS) is 24.5. The van der Waals surface area contributed by atoms with Crippen molar-refractivity contribution in [1.82, 2.24) is 10.6 Å². The Morgan fingerprint density at radius 2 is 0.903 bits per heavy atom. The molecule has 2 aliphatic heterocycles. The molecule has 0 radical (unpaired) electrons. The third-order valence-electron chi connectivity index (χ3n) is 5.69. The molecule has 0 aromatic carbocycles. The van der Waals surface area contributed by atoms with Gasteiger partial charge >= 0.3 is 11.9 Å². The minimum absolute atomic E-state index is 0.112. The zero-order valence-electron chi connectivity index (χ0n) is 21.7. The van der Waals surface area contributed by atoms with Crippen LogP contribution in [0.15, 0.2) is 0 Å². The summed E-state index contributed by atoms with van der Waals surface area (Å²) in [6.07, 6.45) is 4.86. The number of rotatable bonds is 5. The van der Waals surface area contributed by atoms with E-state index in [2.05, 4.69) is 79.9 Å². The van der Waals surface area contributed by atoms with E-state index in [9.17, 15) is 9.59 Å². The molecule has 0 aromatic heterocycles. The van der Waals surface area contributed by atoms with Crippen molar-refractivity contribution in [2.24, 2.45) is 0 Å². The fraction of sp³-hybridized carbons (Fsp3) is 0.920. The second kappa shape index (κ2) is 10.7. The van der Waals surface area contributed by atoms with E-state index in [-0.39, 0.29) is 40.8 Å². The average molecular weight is 441 g/mol. The molecule has 0 aliphatic carbocycles. The van der Waals surface area contributed by atoms with E-state index in [4.69, 9.17) is 9.47 Å². The second-order valence-electron chi connectivity index (χ2n) is 12.0. The van der Waals surface area contributed by atoms with Crippen LogP contribution in [0.4, 0.5) is 0 Å². The molecule has 31 heavy (non-hydrogen) atoms. The summed E-state index contributed by atoms with van der Waals surface area (Å²) in [5.74, 6) is -0.989. The summed E-state index contributed by atoms with van der Waals surface area (Å²) in [4.78, 5) is 24.6. The Morgan fingerprint density at radius 1 is 0.645 bits per heavy atom. The van der Waals surface area contributed by atoms with Gasteiger partial charge < -0.3 is 20.1 Å². The van der Waals surface area contributed by atoms with E-state index in [1.54, 1.807) is 0 Å². The molecular formula is C25H48N2O4. The number of carbonyl (C=O) groups excluding carboxylic acids is 2. The van der Waals surface area contributed by atoms with Crippen LogP contribution in [0.2, 0.25) is 0 Å². The molecule has 0 saturated carbocycles. The molecule has 6 nitrogen and oxygen atoms in total. The Hall–Kier alpha value is -1.14. The molecule has 2 fully saturated rings. The smallest absolute Gasteiger partial charge is 0.317 e. The predicted octanol–water partition coefficient (Wildman–Crippen LogP) is 4.89. The van der Waals surface area contributed by atoms with Crippen LogP contribution in [0.3, 0.4) is 0 Å². The Labute approximate surface area is 190 Å². The Bertz CT molecular complexity index is 527. The molecule has 0 aromatic rings. The minimum Gasteiger partial charge on any atom is -0.462 e. The number of hydrogen-bond donors (Lipinski definition) is 2. The van der Waals surface area contributed by atoms with Crippen LogP contribution in [-0.4, -0.2) is 46.3 Å². The standard InChI is InChI=1S/C21H38N2O4.C4H10/c1-18(2)10-14(11-19(3,4)22-18)26-16(24)9-17(25)27-15-12-20(5,6)23-21(7,8)13-15;1-3-4-2/h14-15,22-23H,9-13H2,1-8H3;3-4H2,1-2H3. The van der Waals surface area contributed by atoms with Gasteiger partial charge in [0, 0.05) is 47.8 Å². The quantitative estimate of drug-likeness (QED) is 0.468. The highest BCUT2D eigenvalue weighted by Gasteiger charge is 2.41. The van der Waals surface area contributed by atoms with Crippen molar-refractivity contribution in [3.63, 3.8) is 0 Å². The lowest BCUT2D eigenvalue weighted by Crippen LogP contribution is -2.60. The fourth-order valence-electron chi connectivity index (χ4n) is 5.20. The Kier molecular flexibility index (Phi) is 9.58. The monoisotopic (exact) mass is 440 g/mol. The molecule has 2 rings (SSSR count). The highest BCUT2D eigenvalue weighted by atomic mass is 16.6. The third kappa shape index (κ3) is 10.8. The van der Waals surface area contributed by atoms with Gasteiger partial charge in [0.2, 0.25) is 0 Å². The molecule has 0 bridgehead atoms. The first-order valence-electron chi connectivity index (χ1n) is 12.0. The first kappa shape index (κ1) is 27.9. The maximum absolute atomic E-state index is 12.3. The number of esters is 2. The van der Waals surface area contributed by atoms with Crippen molar-refractivity contribution in [1.29, 1.82) is 0 Å². The minimum atomic E-state index is -0.494. The van der Waals surface area contributed by atoms with Crippen molar-refractivity contribution in [2.45, 2.75) is 149 Å². The molecule has 2 N–H and O–H groups in total. The maximum atomic E-state index is 12.3. The van der Waals surface area contributed by atoms with Crippen LogP contribution in [0.5, 0.6) is 0 Å². The van der Waals surface area contributed by atoms with Crippen molar-refractivity contribution in [2.75, 3.05) is 0 Å². The van der Waals surface area contributed by atoms with Crippen LogP contribution in [0.25, 0.3) is 0 Å². The highest BCUT2D eigenvalue weighted by molar-refractivity contribution is 5.91. The molecule has 0 unspecified atom stereocenters. The van der Waals surface area contributed by atoms with Crippen molar-refractivity contribution >= 4 is 11.9 Å². The molecule has 0 amide bonds. The zero-order chi connectivity index (χ0) is 24.1. The molecule has 2 aliphatic rings. The van der Waals surface area contributed by atoms with Crippen LogP contribution >= 0.6 is 0 Å². The molecule has 2 saturated heterocycles. The molecular weight excluding hydrogens is 392 g/mol. The van der Waals surface area contributed by atoms with Gasteiger partial charge in [-0.3, -0.25) is 9.59 Å². The number of unbranched alkanes of at least 4 members (excludes halogenated alkanes) is 1. The maximum Gasteiger partial charge on any atom is 0.317 e. The van der Waals surface area contributed by atoms with Crippen LogP contribution in [0.1, 0.15) is 114 Å². The second-order valence-corrected chi connectivity index (χ2v) is 12.0.